The molecule has 8 heteroatoms. The van der Waals surface area contributed by atoms with Crippen molar-refractivity contribution in [2.75, 3.05) is 18.1 Å². The molecule has 0 saturated carbocycles. The summed E-state index contributed by atoms with van der Waals surface area (Å²) in [4.78, 5) is 23.4. The van der Waals surface area contributed by atoms with Crippen LogP contribution in [0.3, 0.4) is 0 Å². The van der Waals surface area contributed by atoms with E-state index in [1.54, 1.807) is 18.2 Å². The normalized spacial score (nSPS) is 20.0. The van der Waals surface area contributed by atoms with Gasteiger partial charge in [0.15, 0.2) is 16.4 Å². The van der Waals surface area contributed by atoms with Crippen molar-refractivity contribution in [1.29, 1.82) is 0 Å². The minimum absolute atomic E-state index is 0.0520. The second-order valence-electron chi connectivity index (χ2n) is 4.75. The summed E-state index contributed by atoms with van der Waals surface area (Å²) in [6.07, 6.45) is 0.402. The van der Waals surface area contributed by atoms with Gasteiger partial charge in [-0.05, 0) is 47.2 Å². The van der Waals surface area contributed by atoms with E-state index in [0.717, 1.165) is 3.57 Å². The Morgan fingerprint density at radius 1 is 1.38 bits per heavy atom. The lowest BCUT2D eigenvalue weighted by molar-refractivity contribution is -0.124. The number of ether oxygens (including phenoxy) is 1. The van der Waals surface area contributed by atoms with Gasteiger partial charge < -0.3 is 10.1 Å². The molecule has 0 aromatic heterocycles. The van der Waals surface area contributed by atoms with Gasteiger partial charge in [0.2, 0.25) is 0 Å². The molecule has 0 aliphatic carbocycles. The number of halogens is 1. The first-order chi connectivity index (χ1) is 9.85. The summed E-state index contributed by atoms with van der Waals surface area (Å²) in [7, 11) is -3.04. The fourth-order valence-electron chi connectivity index (χ4n) is 2.01. The molecule has 1 aromatic rings. The van der Waals surface area contributed by atoms with Crippen molar-refractivity contribution < 1.29 is 22.7 Å². The van der Waals surface area contributed by atoms with Crippen molar-refractivity contribution >= 4 is 44.3 Å². The number of hydrogen-bond acceptors (Lipinski definition) is 5. The van der Waals surface area contributed by atoms with Crippen LogP contribution in [0.1, 0.15) is 16.8 Å². The molecule has 1 aromatic carbocycles. The molecule has 1 aliphatic rings. The molecule has 1 fully saturated rings. The molecule has 1 atom stereocenters. The number of sulfone groups is 1. The van der Waals surface area contributed by atoms with E-state index >= 15 is 0 Å². The number of carbonyl (C=O) groups is 2. The first-order valence-corrected chi connectivity index (χ1v) is 9.18. The Labute approximate surface area is 136 Å². The van der Waals surface area contributed by atoms with Gasteiger partial charge in [-0.15, -0.1) is 0 Å². The molecular weight excluding hydrogens is 409 g/mol. The molecule has 21 heavy (non-hydrogen) atoms. The summed E-state index contributed by atoms with van der Waals surface area (Å²) in [5.74, 6) is -1.04. The number of benzene rings is 1. The first kappa shape index (κ1) is 16.2. The molecule has 1 saturated heterocycles. The fourth-order valence-corrected chi connectivity index (χ4v) is 4.22. The Kier molecular flexibility index (Phi) is 5.20. The molecule has 1 heterocycles. The van der Waals surface area contributed by atoms with E-state index in [1.165, 1.54) is 0 Å². The van der Waals surface area contributed by atoms with Gasteiger partial charge in [0.25, 0.3) is 5.91 Å². The molecule has 2 rings (SSSR count). The molecule has 6 nitrogen and oxygen atoms in total. The standard InChI is InChI=1S/C13H14INO5S/c14-10-3-1-2-9(6-10)13(17)20-7-12(16)15-11-4-5-21(18,19)8-11/h1-3,6,11H,4-5,7-8H2,(H,15,16)/t11-/m1/s1. The highest BCUT2D eigenvalue weighted by molar-refractivity contribution is 14.1. The molecular formula is C13H14INO5S. The highest BCUT2D eigenvalue weighted by Gasteiger charge is 2.29. The van der Waals surface area contributed by atoms with Gasteiger partial charge >= 0.3 is 5.97 Å². The number of amides is 1. The van der Waals surface area contributed by atoms with Gasteiger partial charge in [-0.3, -0.25) is 4.79 Å². The Bertz CT molecular complexity index is 658. The molecule has 114 valence electrons. The number of carbonyl (C=O) groups excluding carboxylic acids is 2. The predicted molar refractivity (Wildman–Crippen MR) is 84.6 cm³/mol. The second kappa shape index (κ2) is 6.73. The minimum atomic E-state index is -3.04. The zero-order chi connectivity index (χ0) is 15.5. The number of esters is 1. The van der Waals surface area contributed by atoms with Crippen molar-refractivity contribution in [1.82, 2.24) is 5.32 Å². The summed E-state index contributed by atoms with van der Waals surface area (Å²) in [5.41, 5.74) is 0.373. The highest BCUT2D eigenvalue weighted by atomic mass is 127. The zero-order valence-electron chi connectivity index (χ0n) is 11.0. The van der Waals surface area contributed by atoms with E-state index in [2.05, 4.69) is 27.9 Å². The van der Waals surface area contributed by atoms with Gasteiger partial charge in [-0.2, -0.15) is 0 Å². The van der Waals surface area contributed by atoms with Gasteiger partial charge in [0, 0.05) is 9.61 Å². The molecule has 1 aliphatic heterocycles. The molecule has 0 radical (unpaired) electrons. The van der Waals surface area contributed by atoms with Crippen LogP contribution in [0.4, 0.5) is 0 Å². The van der Waals surface area contributed by atoms with Crippen molar-refractivity contribution in [3.8, 4) is 0 Å². The van der Waals surface area contributed by atoms with Crippen LogP contribution < -0.4 is 5.32 Å². The monoisotopic (exact) mass is 423 g/mol. The summed E-state index contributed by atoms with van der Waals surface area (Å²) in [5, 5.41) is 2.56. The maximum Gasteiger partial charge on any atom is 0.338 e. The van der Waals surface area contributed by atoms with E-state index in [9.17, 15) is 18.0 Å². The van der Waals surface area contributed by atoms with Crippen LogP contribution in [0.25, 0.3) is 0 Å². The maximum absolute atomic E-state index is 11.7. The Balaban J connectivity index is 1.80. The summed E-state index contributed by atoms with van der Waals surface area (Å²) >= 11 is 2.07. The lowest BCUT2D eigenvalue weighted by Gasteiger charge is -2.11. The molecule has 1 N–H and O–H groups in total. The smallest absolute Gasteiger partial charge is 0.338 e. The zero-order valence-corrected chi connectivity index (χ0v) is 14.0. The Hall–Kier alpha value is -1.16. The van der Waals surface area contributed by atoms with Crippen LogP contribution in [0.5, 0.6) is 0 Å². The quantitative estimate of drug-likeness (QED) is 0.571. The third kappa shape index (κ3) is 4.95. The van der Waals surface area contributed by atoms with Crippen LogP contribution in [0.2, 0.25) is 0 Å². The van der Waals surface area contributed by atoms with Gasteiger partial charge in [-0.25, -0.2) is 13.2 Å². The van der Waals surface area contributed by atoms with E-state index in [4.69, 9.17) is 4.74 Å². The number of rotatable bonds is 4. The van der Waals surface area contributed by atoms with Crippen molar-refractivity contribution in [2.45, 2.75) is 12.5 Å². The predicted octanol–water partition coefficient (Wildman–Crippen LogP) is 0.751. The van der Waals surface area contributed by atoms with Crippen molar-refractivity contribution in [3.05, 3.63) is 33.4 Å². The summed E-state index contributed by atoms with van der Waals surface area (Å²) in [6.45, 7) is -0.416. The van der Waals surface area contributed by atoms with E-state index in [-0.39, 0.29) is 17.5 Å². The van der Waals surface area contributed by atoms with Crippen LogP contribution in [-0.2, 0) is 19.4 Å². The van der Waals surface area contributed by atoms with Crippen molar-refractivity contribution in [2.24, 2.45) is 0 Å². The lowest BCUT2D eigenvalue weighted by Crippen LogP contribution is -2.38. The van der Waals surface area contributed by atoms with Crippen LogP contribution in [0.15, 0.2) is 24.3 Å². The van der Waals surface area contributed by atoms with E-state index < -0.39 is 28.3 Å². The van der Waals surface area contributed by atoms with E-state index in [0.29, 0.717) is 12.0 Å². The van der Waals surface area contributed by atoms with Crippen molar-refractivity contribution in [3.63, 3.8) is 0 Å². The summed E-state index contributed by atoms with van der Waals surface area (Å²) < 4.78 is 28.3. The van der Waals surface area contributed by atoms with Crippen LogP contribution in [-0.4, -0.2) is 44.4 Å². The number of hydrogen-bond donors (Lipinski definition) is 1. The summed E-state index contributed by atoms with van der Waals surface area (Å²) in [6, 6.07) is 6.43. The average Bonchev–Trinajstić information content (AvgIpc) is 2.75. The molecule has 1 amide bonds. The largest absolute Gasteiger partial charge is 0.452 e. The molecule has 0 spiro atoms. The first-order valence-electron chi connectivity index (χ1n) is 6.28. The van der Waals surface area contributed by atoms with Crippen LogP contribution in [0, 0.1) is 3.57 Å². The minimum Gasteiger partial charge on any atom is -0.452 e. The molecule has 0 unspecified atom stereocenters. The average molecular weight is 423 g/mol. The Morgan fingerprint density at radius 3 is 2.76 bits per heavy atom. The number of nitrogens with one attached hydrogen (secondary N) is 1. The van der Waals surface area contributed by atoms with E-state index in [1.807, 2.05) is 6.07 Å². The molecule has 0 bridgehead atoms. The maximum atomic E-state index is 11.7. The highest BCUT2D eigenvalue weighted by Crippen LogP contribution is 2.11. The topological polar surface area (TPSA) is 89.5 Å². The Morgan fingerprint density at radius 2 is 2.14 bits per heavy atom. The second-order valence-corrected chi connectivity index (χ2v) is 8.23. The third-order valence-electron chi connectivity index (χ3n) is 2.99. The van der Waals surface area contributed by atoms with Gasteiger partial charge in [0.05, 0.1) is 17.1 Å². The third-order valence-corrected chi connectivity index (χ3v) is 5.43. The lowest BCUT2D eigenvalue weighted by atomic mass is 10.2. The van der Waals surface area contributed by atoms with Gasteiger partial charge in [0.1, 0.15) is 0 Å². The van der Waals surface area contributed by atoms with Crippen LogP contribution >= 0.6 is 22.6 Å². The fraction of sp³-hybridized carbons (Fsp3) is 0.385. The van der Waals surface area contributed by atoms with Gasteiger partial charge in [-0.1, -0.05) is 6.07 Å². The SMILES string of the molecule is O=C(COC(=O)c1cccc(I)c1)N[C@@H]1CCS(=O)(=O)C1.